The molecule has 0 radical (unpaired) electrons. The number of unbranched alkanes of at least 4 members (excludes halogenated alkanes) is 1. The number of aryl methyl sites for hydroxylation is 1. The molecular formula is C37H38O10. The maximum absolute atomic E-state index is 12.7. The molecule has 3 aromatic rings. The second-order valence-electron chi connectivity index (χ2n) is 10.7. The summed E-state index contributed by atoms with van der Waals surface area (Å²) < 4.78 is 32.4. The molecule has 0 heterocycles. The molecule has 0 spiro atoms. The lowest BCUT2D eigenvalue weighted by atomic mass is 9.85. The number of benzene rings is 3. The Labute approximate surface area is 273 Å². The summed E-state index contributed by atoms with van der Waals surface area (Å²) >= 11 is 0. The summed E-state index contributed by atoms with van der Waals surface area (Å²) in [5.74, 6) is 0.283. The first-order valence-electron chi connectivity index (χ1n) is 15.5. The molecule has 0 bridgehead atoms. The SMILES string of the molecule is C=CC(=O)OCCCCOc1ccc(C(=O)Oc2ccc(OC(=O)c3ccc(OCCOC(=O)/C=C\C4CCC4)cc3)c(C)c2)cc1. The highest BCUT2D eigenvalue weighted by Crippen LogP contribution is 2.27. The highest BCUT2D eigenvalue weighted by atomic mass is 16.6. The Kier molecular flexibility index (Phi) is 13.2. The zero-order chi connectivity index (χ0) is 33.4. The van der Waals surface area contributed by atoms with Gasteiger partial charge >= 0.3 is 23.9 Å². The Bertz CT molecular complexity index is 1550. The molecule has 0 unspecified atom stereocenters. The molecule has 0 saturated heterocycles. The maximum Gasteiger partial charge on any atom is 0.343 e. The lowest BCUT2D eigenvalue weighted by molar-refractivity contribution is -0.139. The second kappa shape index (κ2) is 17.9. The number of carbonyl (C=O) groups excluding carboxylic acids is 4. The molecule has 0 N–H and O–H groups in total. The Morgan fingerprint density at radius 2 is 1.28 bits per heavy atom. The number of ether oxygens (including phenoxy) is 6. The van der Waals surface area contributed by atoms with Crippen molar-refractivity contribution in [3.05, 3.63) is 108 Å². The molecule has 1 saturated carbocycles. The number of esters is 4. The van der Waals surface area contributed by atoms with Crippen LogP contribution in [0.4, 0.5) is 0 Å². The zero-order valence-corrected chi connectivity index (χ0v) is 26.3. The number of hydrogen-bond acceptors (Lipinski definition) is 10. The lowest BCUT2D eigenvalue weighted by Crippen LogP contribution is -2.12. The predicted molar refractivity (Wildman–Crippen MR) is 173 cm³/mol. The summed E-state index contributed by atoms with van der Waals surface area (Å²) in [6.45, 7) is 6.11. The van der Waals surface area contributed by atoms with Gasteiger partial charge in [0.25, 0.3) is 0 Å². The highest BCUT2D eigenvalue weighted by Gasteiger charge is 2.15. The first kappa shape index (κ1) is 34.5. The van der Waals surface area contributed by atoms with Crippen molar-refractivity contribution in [2.45, 2.75) is 39.0 Å². The van der Waals surface area contributed by atoms with Crippen LogP contribution in [0.5, 0.6) is 23.0 Å². The summed E-state index contributed by atoms with van der Waals surface area (Å²) in [7, 11) is 0. The van der Waals surface area contributed by atoms with E-state index in [0.717, 1.165) is 18.9 Å². The van der Waals surface area contributed by atoms with Gasteiger partial charge in [-0.05, 0) is 111 Å². The van der Waals surface area contributed by atoms with Crippen LogP contribution in [0.1, 0.15) is 58.4 Å². The van der Waals surface area contributed by atoms with Gasteiger partial charge in [-0.3, -0.25) is 0 Å². The zero-order valence-electron chi connectivity index (χ0n) is 26.3. The van der Waals surface area contributed by atoms with E-state index >= 15 is 0 Å². The molecule has 1 aliphatic rings. The molecule has 0 atom stereocenters. The van der Waals surface area contributed by atoms with Crippen molar-refractivity contribution in [3.8, 4) is 23.0 Å². The minimum absolute atomic E-state index is 0.115. The average Bonchev–Trinajstić information content (AvgIpc) is 3.05. The molecule has 4 rings (SSSR count). The third-order valence-corrected chi connectivity index (χ3v) is 7.21. The van der Waals surface area contributed by atoms with Crippen molar-refractivity contribution in [2.75, 3.05) is 26.4 Å². The Balaban J connectivity index is 1.17. The fraction of sp³-hybridized carbons (Fsp3) is 0.297. The van der Waals surface area contributed by atoms with Crippen molar-refractivity contribution in [1.82, 2.24) is 0 Å². The van der Waals surface area contributed by atoms with E-state index in [1.165, 1.54) is 12.5 Å². The number of allylic oxidation sites excluding steroid dienone is 1. The molecule has 246 valence electrons. The van der Waals surface area contributed by atoms with Crippen LogP contribution in [0.15, 0.2) is 91.5 Å². The average molecular weight is 643 g/mol. The molecule has 1 aliphatic carbocycles. The van der Waals surface area contributed by atoms with Crippen molar-refractivity contribution < 1.29 is 47.6 Å². The minimum atomic E-state index is -0.560. The summed E-state index contributed by atoms with van der Waals surface area (Å²) in [4.78, 5) is 48.2. The van der Waals surface area contributed by atoms with E-state index in [1.54, 1.807) is 73.7 Å². The normalized spacial score (nSPS) is 12.4. The maximum atomic E-state index is 12.7. The number of rotatable bonds is 17. The van der Waals surface area contributed by atoms with Gasteiger partial charge in [0, 0.05) is 12.2 Å². The van der Waals surface area contributed by atoms with Crippen molar-refractivity contribution in [1.29, 1.82) is 0 Å². The molecule has 0 aliphatic heterocycles. The molecular weight excluding hydrogens is 604 g/mol. The monoisotopic (exact) mass is 642 g/mol. The fourth-order valence-corrected chi connectivity index (χ4v) is 4.32. The van der Waals surface area contributed by atoms with Crippen LogP contribution >= 0.6 is 0 Å². The summed E-state index contributed by atoms with van der Waals surface area (Å²) in [6.07, 6.45) is 9.30. The van der Waals surface area contributed by atoms with Gasteiger partial charge in [-0.2, -0.15) is 0 Å². The lowest BCUT2D eigenvalue weighted by Gasteiger charge is -2.20. The van der Waals surface area contributed by atoms with Gasteiger partial charge in [0.05, 0.1) is 24.3 Å². The third-order valence-electron chi connectivity index (χ3n) is 7.21. The summed E-state index contributed by atoms with van der Waals surface area (Å²) in [5, 5.41) is 0. The van der Waals surface area contributed by atoms with Crippen LogP contribution in [-0.2, 0) is 19.1 Å². The Hall–Kier alpha value is -5.38. The van der Waals surface area contributed by atoms with Crippen LogP contribution in [-0.4, -0.2) is 50.3 Å². The van der Waals surface area contributed by atoms with Crippen LogP contribution in [0.25, 0.3) is 0 Å². The summed E-state index contributed by atoms with van der Waals surface area (Å²) in [6, 6.07) is 17.7. The predicted octanol–water partition coefficient (Wildman–Crippen LogP) is 6.60. The molecule has 47 heavy (non-hydrogen) atoms. The first-order valence-corrected chi connectivity index (χ1v) is 15.5. The molecule has 0 amide bonds. The van der Waals surface area contributed by atoms with Crippen molar-refractivity contribution in [2.24, 2.45) is 5.92 Å². The van der Waals surface area contributed by atoms with E-state index in [-0.39, 0.29) is 19.2 Å². The Morgan fingerprint density at radius 3 is 1.87 bits per heavy atom. The van der Waals surface area contributed by atoms with E-state index in [2.05, 4.69) is 6.58 Å². The number of carbonyl (C=O) groups is 4. The van der Waals surface area contributed by atoms with Crippen molar-refractivity contribution in [3.63, 3.8) is 0 Å². The quantitative estimate of drug-likeness (QED) is 0.0689. The standard InChI is InChI=1S/C37H38O10/c1-3-34(38)44-22-5-4-21-42-30-14-10-28(11-15-30)36(40)46-32-18-19-33(26(2)25-32)47-37(41)29-12-16-31(17-13-29)43-23-24-45-35(39)20-9-27-7-6-8-27/h3,9-20,25,27H,1,4-8,21-24H2,2H3/b20-9-. The van der Waals surface area contributed by atoms with Crippen LogP contribution < -0.4 is 18.9 Å². The van der Waals surface area contributed by atoms with Crippen LogP contribution in [0, 0.1) is 12.8 Å². The van der Waals surface area contributed by atoms with Gasteiger partial charge in [-0.15, -0.1) is 0 Å². The Morgan fingerprint density at radius 1 is 0.702 bits per heavy atom. The van der Waals surface area contributed by atoms with Crippen LogP contribution in [0.2, 0.25) is 0 Å². The largest absolute Gasteiger partial charge is 0.494 e. The second-order valence-corrected chi connectivity index (χ2v) is 10.7. The van der Waals surface area contributed by atoms with Gasteiger partial charge < -0.3 is 28.4 Å². The number of hydrogen-bond donors (Lipinski definition) is 0. The molecule has 1 fully saturated rings. The van der Waals surface area contributed by atoms with E-state index < -0.39 is 17.9 Å². The van der Waals surface area contributed by atoms with Crippen LogP contribution in [0.3, 0.4) is 0 Å². The van der Waals surface area contributed by atoms with E-state index in [0.29, 0.717) is 71.7 Å². The van der Waals surface area contributed by atoms with E-state index in [4.69, 9.17) is 28.4 Å². The topological polar surface area (TPSA) is 124 Å². The minimum Gasteiger partial charge on any atom is -0.494 e. The van der Waals surface area contributed by atoms with Gasteiger partial charge in [0.15, 0.2) is 0 Å². The summed E-state index contributed by atoms with van der Waals surface area (Å²) in [5.41, 5.74) is 1.26. The molecule has 10 nitrogen and oxygen atoms in total. The molecule has 10 heteroatoms. The molecule has 3 aromatic carbocycles. The van der Waals surface area contributed by atoms with E-state index in [9.17, 15) is 19.2 Å². The smallest absolute Gasteiger partial charge is 0.343 e. The first-order chi connectivity index (χ1) is 22.8. The fourth-order valence-electron chi connectivity index (χ4n) is 4.32. The van der Waals surface area contributed by atoms with E-state index in [1.807, 2.05) is 6.08 Å². The molecule has 0 aromatic heterocycles. The van der Waals surface area contributed by atoms with Gasteiger partial charge in [0.1, 0.15) is 36.2 Å². The van der Waals surface area contributed by atoms with Gasteiger partial charge in [-0.1, -0.05) is 19.1 Å². The van der Waals surface area contributed by atoms with Crippen molar-refractivity contribution >= 4 is 23.9 Å². The highest BCUT2D eigenvalue weighted by molar-refractivity contribution is 5.92. The van der Waals surface area contributed by atoms with Gasteiger partial charge in [-0.25, -0.2) is 19.2 Å². The third kappa shape index (κ3) is 11.5. The van der Waals surface area contributed by atoms with Gasteiger partial charge in [0.2, 0.25) is 0 Å².